The first-order valence-corrected chi connectivity index (χ1v) is 8.65. The largest absolute Gasteiger partial charge is 0.370 e. The molecule has 1 saturated heterocycles. The van der Waals surface area contributed by atoms with Gasteiger partial charge in [-0.1, -0.05) is 30.0 Å². The van der Waals surface area contributed by atoms with Crippen molar-refractivity contribution in [2.24, 2.45) is 5.92 Å². The molecule has 1 aliphatic heterocycles. The lowest BCUT2D eigenvalue weighted by Crippen LogP contribution is -2.41. The van der Waals surface area contributed by atoms with E-state index in [1.807, 2.05) is 23.1 Å². The molecule has 0 aliphatic carbocycles. The lowest BCUT2D eigenvalue weighted by Gasteiger charge is -2.30. The molecule has 1 amide bonds. The highest BCUT2D eigenvalue weighted by Crippen LogP contribution is 2.23. The van der Waals surface area contributed by atoms with E-state index < -0.39 is 0 Å². The molecule has 120 valence electrons. The van der Waals surface area contributed by atoms with Gasteiger partial charge in [0.05, 0.1) is 0 Å². The van der Waals surface area contributed by atoms with E-state index >= 15 is 0 Å². The molecule has 1 fully saturated rings. The molecular formula is C17H24N2O2S. The van der Waals surface area contributed by atoms with Gasteiger partial charge in [0, 0.05) is 51.0 Å². The Balaban J connectivity index is 1.87. The standard InChI is InChI=1S/C17H24N2O2S/c1-13(18(3)16-7-5-4-6-8-16)10-19-11-15(9-17(19)21)12-22-14(2)20/h4-8,13,15H,9-12H2,1-3H3. The summed E-state index contributed by atoms with van der Waals surface area (Å²) in [5.74, 6) is 1.26. The van der Waals surface area contributed by atoms with Crippen LogP contribution in [0.4, 0.5) is 5.69 Å². The Morgan fingerprint density at radius 1 is 1.41 bits per heavy atom. The molecule has 0 N–H and O–H groups in total. The predicted octanol–water partition coefficient (Wildman–Crippen LogP) is 2.64. The van der Waals surface area contributed by atoms with Crippen molar-refractivity contribution in [2.75, 3.05) is 30.8 Å². The second-order valence-electron chi connectivity index (χ2n) is 5.97. The molecule has 0 saturated carbocycles. The molecule has 4 nitrogen and oxygen atoms in total. The summed E-state index contributed by atoms with van der Waals surface area (Å²) in [4.78, 5) is 27.3. The third-order valence-electron chi connectivity index (χ3n) is 4.13. The molecular weight excluding hydrogens is 296 g/mol. The van der Waals surface area contributed by atoms with E-state index in [4.69, 9.17) is 0 Å². The van der Waals surface area contributed by atoms with Gasteiger partial charge in [-0.25, -0.2) is 0 Å². The second-order valence-corrected chi connectivity index (χ2v) is 7.16. The third kappa shape index (κ3) is 4.50. The maximum atomic E-state index is 12.1. The van der Waals surface area contributed by atoms with Gasteiger partial charge in [0.2, 0.25) is 5.91 Å². The summed E-state index contributed by atoms with van der Waals surface area (Å²) < 4.78 is 0. The Labute approximate surface area is 136 Å². The van der Waals surface area contributed by atoms with Gasteiger partial charge < -0.3 is 9.80 Å². The van der Waals surface area contributed by atoms with E-state index in [0.29, 0.717) is 12.3 Å². The van der Waals surface area contributed by atoms with Gasteiger partial charge in [0.1, 0.15) is 0 Å². The molecule has 1 aromatic rings. The van der Waals surface area contributed by atoms with Crippen LogP contribution in [-0.2, 0) is 9.59 Å². The number of para-hydroxylation sites is 1. The summed E-state index contributed by atoms with van der Waals surface area (Å²) >= 11 is 1.33. The number of rotatable bonds is 6. The van der Waals surface area contributed by atoms with Gasteiger partial charge in [0.15, 0.2) is 5.12 Å². The Morgan fingerprint density at radius 3 is 2.73 bits per heavy atom. The first-order chi connectivity index (χ1) is 10.5. The Hall–Kier alpha value is -1.49. The normalized spacial score (nSPS) is 19.3. The third-order valence-corrected chi connectivity index (χ3v) is 5.17. The quantitative estimate of drug-likeness (QED) is 0.808. The van der Waals surface area contributed by atoms with Crippen molar-refractivity contribution in [3.05, 3.63) is 30.3 Å². The van der Waals surface area contributed by atoms with Crippen LogP contribution >= 0.6 is 11.8 Å². The number of hydrogen-bond acceptors (Lipinski definition) is 4. The molecule has 2 unspecified atom stereocenters. The number of thioether (sulfide) groups is 1. The maximum absolute atomic E-state index is 12.1. The van der Waals surface area contributed by atoms with Crippen LogP contribution in [0.5, 0.6) is 0 Å². The zero-order valence-corrected chi connectivity index (χ0v) is 14.3. The molecule has 0 spiro atoms. The number of anilines is 1. The van der Waals surface area contributed by atoms with Crippen molar-refractivity contribution in [1.29, 1.82) is 0 Å². The van der Waals surface area contributed by atoms with E-state index in [-0.39, 0.29) is 17.1 Å². The fourth-order valence-electron chi connectivity index (χ4n) is 2.74. The fraction of sp³-hybridized carbons (Fsp3) is 0.529. The van der Waals surface area contributed by atoms with Crippen LogP contribution in [0.15, 0.2) is 30.3 Å². The zero-order valence-electron chi connectivity index (χ0n) is 13.5. The molecule has 0 bridgehead atoms. The fourth-order valence-corrected chi connectivity index (χ4v) is 3.43. The lowest BCUT2D eigenvalue weighted by atomic mass is 10.1. The summed E-state index contributed by atoms with van der Waals surface area (Å²) in [5.41, 5.74) is 1.16. The number of amides is 1. The highest BCUT2D eigenvalue weighted by molar-refractivity contribution is 8.13. The van der Waals surface area contributed by atoms with Gasteiger partial charge in [-0.05, 0) is 25.0 Å². The molecule has 0 aromatic heterocycles. The van der Waals surface area contributed by atoms with Gasteiger partial charge in [-0.2, -0.15) is 0 Å². The summed E-state index contributed by atoms with van der Waals surface area (Å²) in [6.07, 6.45) is 0.571. The molecule has 0 radical (unpaired) electrons. The van der Waals surface area contributed by atoms with Crippen molar-refractivity contribution in [2.45, 2.75) is 26.3 Å². The molecule has 22 heavy (non-hydrogen) atoms. The predicted molar refractivity (Wildman–Crippen MR) is 92.1 cm³/mol. The second kappa shape index (κ2) is 7.68. The van der Waals surface area contributed by atoms with E-state index in [0.717, 1.165) is 24.5 Å². The minimum atomic E-state index is 0.128. The highest BCUT2D eigenvalue weighted by atomic mass is 32.2. The summed E-state index contributed by atoms with van der Waals surface area (Å²) in [6.45, 7) is 5.21. The summed E-state index contributed by atoms with van der Waals surface area (Å²) in [5, 5.41) is 0.128. The lowest BCUT2D eigenvalue weighted by molar-refractivity contribution is -0.127. The van der Waals surface area contributed by atoms with E-state index in [9.17, 15) is 9.59 Å². The number of hydrogen-bond donors (Lipinski definition) is 0. The van der Waals surface area contributed by atoms with Crippen molar-refractivity contribution in [1.82, 2.24) is 4.90 Å². The Kier molecular flexibility index (Phi) is 5.89. The first-order valence-electron chi connectivity index (χ1n) is 7.66. The van der Waals surface area contributed by atoms with E-state index in [1.54, 1.807) is 6.92 Å². The molecule has 2 atom stereocenters. The SMILES string of the molecule is CC(=O)SCC1CC(=O)N(CC(C)N(C)c2ccccc2)C1. The number of carbonyl (C=O) groups excluding carboxylic acids is 2. The smallest absolute Gasteiger partial charge is 0.223 e. The summed E-state index contributed by atoms with van der Waals surface area (Å²) in [6, 6.07) is 10.5. The average Bonchev–Trinajstić information content (AvgIpc) is 2.85. The molecule has 1 aromatic carbocycles. The summed E-state index contributed by atoms with van der Waals surface area (Å²) in [7, 11) is 2.06. The number of benzene rings is 1. The van der Waals surface area contributed by atoms with Gasteiger partial charge in [0.25, 0.3) is 0 Å². The number of likely N-dealkylation sites (tertiary alicyclic amines) is 1. The number of likely N-dealkylation sites (N-methyl/N-ethyl adjacent to an activating group) is 1. The minimum Gasteiger partial charge on any atom is -0.370 e. The highest BCUT2D eigenvalue weighted by Gasteiger charge is 2.31. The van der Waals surface area contributed by atoms with Crippen LogP contribution in [0.25, 0.3) is 0 Å². The van der Waals surface area contributed by atoms with Crippen LogP contribution in [-0.4, -0.2) is 47.9 Å². The number of carbonyl (C=O) groups is 2. The van der Waals surface area contributed by atoms with Gasteiger partial charge in [-0.15, -0.1) is 0 Å². The molecule has 1 aliphatic rings. The zero-order chi connectivity index (χ0) is 16.1. The van der Waals surface area contributed by atoms with Crippen LogP contribution in [0, 0.1) is 5.92 Å². The maximum Gasteiger partial charge on any atom is 0.223 e. The van der Waals surface area contributed by atoms with Gasteiger partial charge >= 0.3 is 0 Å². The van der Waals surface area contributed by atoms with Crippen molar-refractivity contribution >= 4 is 28.5 Å². The van der Waals surface area contributed by atoms with Crippen molar-refractivity contribution in [3.63, 3.8) is 0 Å². The van der Waals surface area contributed by atoms with Crippen molar-refractivity contribution in [3.8, 4) is 0 Å². The van der Waals surface area contributed by atoms with Crippen LogP contribution in [0.2, 0.25) is 0 Å². The van der Waals surface area contributed by atoms with E-state index in [2.05, 4.69) is 31.0 Å². The average molecular weight is 320 g/mol. The monoisotopic (exact) mass is 320 g/mol. The first kappa shape index (κ1) is 16.9. The van der Waals surface area contributed by atoms with E-state index in [1.165, 1.54) is 11.8 Å². The topological polar surface area (TPSA) is 40.6 Å². The van der Waals surface area contributed by atoms with Crippen LogP contribution < -0.4 is 4.90 Å². The molecule has 1 heterocycles. The van der Waals surface area contributed by atoms with Gasteiger partial charge in [-0.3, -0.25) is 9.59 Å². The Bertz CT molecular complexity index is 521. The number of nitrogens with zero attached hydrogens (tertiary/aromatic N) is 2. The van der Waals surface area contributed by atoms with Crippen molar-refractivity contribution < 1.29 is 9.59 Å². The minimum absolute atomic E-state index is 0.128. The van der Waals surface area contributed by atoms with Crippen LogP contribution in [0.1, 0.15) is 20.3 Å². The molecule has 5 heteroatoms. The molecule has 2 rings (SSSR count). The van der Waals surface area contributed by atoms with Crippen LogP contribution in [0.3, 0.4) is 0 Å². The Morgan fingerprint density at radius 2 is 2.09 bits per heavy atom.